The second-order valence-corrected chi connectivity index (χ2v) is 5.12. The number of aromatic nitrogens is 1. The lowest BCUT2D eigenvalue weighted by molar-refractivity contribution is -0.122. The van der Waals surface area contributed by atoms with Crippen molar-refractivity contribution in [2.75, 3.05) is 13.7 Å². The first-order valence-electron chi connectivity index (χ1n) is 5.57. The fraction of sp³-hybridized carbons (Fsp3) is 0.636. The van der Waals surface area contributed by atoms with E-state index in [1.165, 1.54) is 0 Å². The Morgan fingerprint density at radius 3 is 3.06 bits per heavy atom. The zero-order valence-electron chi connectivity index (χ0n) is 10.2. The number of nitrogens with zero attached hydrogens (tertiary/aromatic N) is 1. The largest absolute Gasteiger partial charge is 0.385 e. The molecule has 0 aliphatic rings. The molecule has 0 aliphatic heterocycles. The molecule has 6 heteroatoms. The van der Waals surface area contributed by atoms with Crippen molar-refractivity contribution in [3.63, 3.8) is 0 Å². The number of thiazole rings is 1. The lowest BCUT2D eigenvalue weighted by atomic mass is 10.1. The van der Waals surface area contributed by atoms with Crippen molar-refractivity contribution in [3.05, 3.63) is 16.1 Å². The van der Waals surface area contributed by atoms with Crippen molar-refractivity contribution in [1.29, 1.82) is 0 Å². The highest BCUT2D eigenvalue weighted by Gasteiger charge is 2.12. The van der Waals surface area contributed by atoms with Crippen LogP contribution in [0, 0.1) is 6.92 Å². The van der Waals surface area contributed by atoms with Gasteiger partial charge < -0.3 is 15.8 Å². The van der Waals surface area contributed by atoms with E-state index in [9.17, 15) is 4.79 Å². The van der Waals surface area contributed by atoms with Crippen LogP contribution in [0.15, 0.2) is 6.20 Å². The van der Waals surface area contributed by atoms with Crippen LogP contribution in [-0.2, 0) is 16.1 Å². The highest BCUT2D eigenvalue weighted by molar-refractivity contribution is 7.11. The number of nitrogens with two attached hydrogens (primary N) is 1. The summed E-state index contributed by atoms with van der Waals surface area (Å²) in [6.45, 7) is 3.07. The fourth-order valence-corrected chi connectivity index (χ4v) is 2.11. The Morgan fingerprint density at radius 1 is 1.71 bits per heavy atom. The summed E-state index contributed by atoms with van der Waals surface area (Å²) in [5.74, 6) is -0.118. The van der Waals surface area contributed by atoms with Crippen molar-refractivity contribution in [1.82, 2.24) is 10.3 Å². The Morgan fingerprint density at radius 2 is 2.47 bits per heavy atom. The molecular formula is C11H19N3O2S. The second kappa shape index (κ2) is 7.37. The van der Waals surface area contributed by atoms with E-state index in [-0.39, 0.29) is 5.91 Å². The lowest BCUT2D eigenvalue weighted by Gasteiger charge is -2.11. The van der Waals surface area contributed by atoms with Crippen LogP contribution in [0.1, 0.15) is 22.7 Å². The van der Waals surface area contributed by atoms with Crippen LogP contribution < -0.4 is 11.1 Å². The Bertz CT molecular complexity index is 354. The smallest absolute Gasteiger partial charge is 0.237 e. The van der Waals surface area contributed by atoms with Crippen LogP contribution in [0.4, 0.5) is 0 Å². The van der Waals surface area contributed by atoms with Gasteiger partial charge in [-0.15, -0.1) is 11.3 Å². The van der Waals surface area contributed by atoms with Gasteiger partial charge in [-0.25, -0.2) is 4.98 Å². The molecule has 1 aromatic rings. The molecule has 17 heavy (non-hydrogen) atoms. The molecule has 1 rings (SSSR count). The highest BCUT2D eigenvalue weighted by Crippen LogP contribution is 2.10. The van der Waals surface area contributed by atoms with Gasteiger partial charge in [0.05, 0.1) is 17.6 Å². The topological polar surface area (TPSA) is 77.2 Å². The van der Waals surface area contributed by atoms with E-state index in [4.69, 9.17) is 10.5 Å². The maximum Gasteiger partial charge on any atom is 0.237 e. The number of rotatable bonds is 7. The molecule has 96 valence electrons. The number of carbonyl (C=O) groups is 1. The van der Waals surface area contributed by atoms with E-state index in [0.29, 0.717) is 19.6 Å². The summed E-state index contributed by atoms with van der Waals surface area (Å²) in [6, 6.07) is -0.459. The normalized spacial score (nSPS) is 12.4. The average Bonchev–Trinajstić information content (AvgIpc) is 2.72. The number of hydrogen-bond acceptors (Lipinski definition) is 5. The summed E-state index contributed by atoms with van der Waals surface area (Å²) in [4.78, 5) is 16.8. The maximum atomic E-state index is 11.6. The standard InChI is InChI=1S/C11H19N3O2S/c1-8-13-6-9(17-8)7-14-11(15)10(12)4-3-5-16-2/h6,10H,3-5,7,12H2,1-2H3,(H,14,15). The molecule has 0 aromatic carbocycles. The Labute approximate surface area is 105 Å². The first-order chi connectivity index (χ1) is 8.13. The second-order valence-electron chi connectivity index (χ2n) is 3.80. The first kappa shape index (κ1) is 14.1. The number of ether oxygens (including phenoxy) is 1. The zero-order chi connectivity index (χ0) is 12.7. The number of carbonyl (C=O) groups excluding carboxylic acids is 1. The predicted octanol–water partition coefficient (Wildman–Crippen LogP) is 0.822. The number of hydrogen-bond donors (Lipinski definition) is 2. The van der Waals surface area contributed by atoms with E-state index in [1.54, 1.807) is 24.6 Å². The molecule has 0 saturated heterocycles. The van der Waals surface area contributed by atoms with E-state index in [0.717, 1.165) is 16.3 Å². The van der Waals surface area contributed by atoms with Crippen molar-refractivity contribution in [2.24, 2.45) is 5.73 Å². The van der Waals surface area contributed by atoms with Crippen molar-refractivity contribution in [3.8, 4) is 0 Å². The van der Waals surface area contributed by atoms with Gasteiger partial charge in [-0.1, -0.05) is 0 Å². The minimum Gasteiger partial charge on any atom is -0.385 e. The van der Waals surface area contributed by atoms with Gasteiger partial charge in [0.1, 0.15) is 0 Å². The van der Waals surface area contributed by atoms with Crippen molar-refractivity contribution >= 4 is 17.2 Å². The van der Waals surface area contributed by atoms with Crippen LogP contribution in [0.3, 0.4) is 0 Å². The summed E-state index contributed by atoms with van der Waals surface area (Å²) >= 11 is 1.58. The van der Waals surface area contributed by atoms with Crippen molar-refractivity contribution < 1.29 is 9.53 Å². The van der Waals surface area contributed by atoms with Crippen LogP contribution in [0.25, 0.3) is 0 Å². The summed E-state index contributed by atoms with van der Waals surface area (Å²) in [6.07, 6.45) is 3.21. The monoisotopic (exact) mass is 257 g/mol. The van der Waals surface area contributed by atoms with E-state index >= 15 is 0 Å². The highest BCUT2D eigenvalue weighted by atomic mass is 32.1. The average molecular weight is 257 g/mol. The molecule has 1 unspecified atom stereocenters. The molecule has 0 aliphatic carbocycles. The minimum absolute atomic E-state index is 0.118. The number of amides is 1. The summed E-state index contributed by atoms with van der Waals surface area (Å²) < 4.78 is 4.91. The molecule has 1 aromatic heterocycles. The molecule has 3 N–H and O–H groups in total. The SMILES string of the molecule is COCCCC(N)C(=O)NCc1cnc(C)s1. The molecule has 0 bridgehead atoms. The molecule has 5 nitrogen and oxygen atoms in total. The van der Waals surface area contributed by atoms with Crippen LogP contribution in [-0.4, -0.2) is 30.6 Å². The number of aryl methyl sites for hydroxylation is 1. The van der Waals surface area contributed by atoms with E-state index in [2.05, 4.69) is 10.3 Å². The van der Waals surface area contributed by atoms with Crippen LogP contribution >= 0.6 is 11.3 Å². The summed E-state index contributed by atoms with van der Waals surface area (Å²) in [5.41, 5.74) is 5.75. The summed E-state index contributed by atoms with van der Waals surface area (Å²) in [7, 11) is 1.64. The van der Waals surface area contributed by atoms with Gasteiger partial charge in [0.15, 0.2) is 0 Å². The van der Waals surface area contributed by atoms with Gasteiger partial charge in [0.2, 0.25) is 5.91 Å². The molecule has 1 amide bonds. The van der Waals surface area contributed by atoms with Crippen LogP contribution in [0.5, 0.6) is 0 Å². The third-order valence-corrected chi connectivity index (χ3v) is 3.22. The Balaban J connectivity index is 2.24. The lowest BCUT2D eigenvalue weighted by Crippen LogP contribution is -2.40. The van der Waals surface area contributed by atoms with Gasteiger partial charge in [-0.05, 0) is 19.8 Å². The van der Waals surface area contributed by atoms with Gasteiger partial charge in [-0.3, -0.25) is 4.79 Å². The van der Waals surface area contributed by atoms with E-state index < -0.39 is 6.04 Å². The maximum absolute atomic E-state index is 11.6. The Hall–Kier alpha value is -0.980. The first-order valence-corrected chi connectivity index (χ1v) is 6.38. The third kappa shape index (κ3) is 5.25. The van der Waals surface area contributed by atoms with Crippen molar-refractivity contribution in [2.45, 2.75) is 32.4 Å². The van der Waals surface area contributed by atoms with Gasteiger partial charge in [-0.2, -0.15) is 0 Å². The van der Waals surface area contributed by atoms with E-state index in [1.807, 2.05) is 6.92 Å². The molecule has 0 fully saturated rings. The van der Waals surface area contributed by atoms with Gasteiger partial charge in [0.25, 0.3) is 0 Å². The molecule has 1 atom stereocenters. The Kier molecular flexibility index (Phi) is 6.10. The van der Waals surface area contributed by atoms with Gasteiger partial charge in [0, 0.05) is 24.8 Å². The van der Waals surface area contributed by atoms with Gasteiger partial charge >= 0.3 is 0 Å². The number of nitrogens with one attached hydrogen (secondary N) is 1. The fourth-order valence-electron chi connectivity index (χ4n) is 1.37. The molecule has 0 spiro atoms. The minimum atomic E-state index is -0.459. The molecular weight excluding hydrogens is 238 g/mol. The zero-order valence-corrected chi connectivity index (χ0v) is 11.0. The third-order valence-electron chi connectivity index (χ3n) is 2.31. The summed E-state index contributed by atoms with van der Waals surface area (Å²) in [5, 5.41) is 3.80. The molecule has 0 saturated carbocycles. The molecule has 0 radical (unpaired) electrons. The predicted molar refractivity (Wildman–Crippen MR) is 67.8 cm³/mol. The van der Waals surface area contributed by atoms with Crippen LogP contribution in [0.2, 0.25) is 0 Å². The quantitative estimate of drug-likeness (QED) is 0.709. The number of methoxy groups -OCH3 is 1. The molecule has 1 heterocycles.